The molecule has 2 rings (SSSR count). The maximum atomic E-state index is 12.5. The monoisotopic (exact) mass is 265 g/mol. The molecule has 0 aliphatic heterocycles. The molecule has 0 heterocycles. The second-order valence-electron chi connectivity index (χ2n) is 4.52. The number of ketones is 1. The minimum absolute atomic E-state index is 0.211. The van der Waals surface area contributed by atoms with Crippen LogP contribution in [0.4, 0.5) is 0 Å². The lowest BCUT2D eigenvalue weighted by Gasteiger charge is -2.11. The van der Waals surface area contributed by atoms with Gasteiger partial charge in [-0.3, -0.25) is 4.79 Å². The third-order valence-corrected chi connectivity index (χ3v) is 3.22. The smallest absolute Gasteiger partial charge is 0.184 e. The Morgan fingerprint density at radius 2 is 1.90 bits per heavy atom. The van der Waals surface area contributed by atoms with E-state index < -0.39 is 5.92 Å². The highest BCUT2D eigenvalue weighted by molar-refractivity contribution is 6.03. The fourth-order valence-electron chi connectivity index (χ4n) is 2.07. The first-order valence-electron chi connectivity index (χ1n) is 6.30. The summed E-state index contributed by atoms with van der Waals surface area (Å²) < 4.78 is 5.22. The van der Waals surface area contributed by atoms with Gasteiger partial charge in [0.2, 0.25) is 0 Å². The second kappa shape index (κ2) is 6.03. The summed E-state index contributed by atoms with van der Waals surface area (Å²) in [7, 11) is 1.57. The van der Waals surface area contributed by atoms with Gasteiger partial charge in [-0.25, -0.2) is 0 Å². The number of hydrogen-bond donors (Lipinski definition) is 0. The van der Waals surface area contributed by atoms with Crippen molar-refractivity contribution in [2.75, 3.05) is 7.11 Å². The molecule has 1 atom stereocenters. The van der Waals surface area contributed by atoms with E-state index in [1.165, 1.54) is 0 Å². The Balaban J connectivity index is 2.37. The topological polar surface area (TPSA) is 50.1 Å². The first kappa shape index (κ1) is 13.8. The van der Waals surface area contributed by atoms with Gasteiger partial charge >= 0.3 is 0 Å². The van der Waals surface area contributed by atoms with Crippen molar-refractivity contribution in [2.45, 2.75) is 12.8 Å². The van der Waals surface area contributed by atoms with Gasteiger partial charge in [0.05, 0.1) is 13.2 Å². The zero-order valence-corrected chi connectivity index (χ0v) is 11.5. The van der Waals surface area contributed by atoms with Crippen molar-refractivity contribution in [1.82, 2.24) is 0 Å². The number of carbonyl (C=O) groups is 1. The van der Waals surface area contributed by atoms with Crippen LogP contribution in [-0.4, -0.2) is 12.9 Å². The zero-order valence-electron chi connectivity index (χ0n) is 11.5. The summed E-state index contributed by atoms with van der Waals surface area (Å²) >= 11 is 0. The lowest BCUT2D eigenvalue weighted by molar-refractivity contribution is 0.0978. The van der Waals surface area contributed by atoms with Crippen molar-refractivity contribution in [3.8, 4) is 11.8 Å². The molecule has 3 nitrogen and oxygen atoms in total. The Morgan fingerprint density at radius 3 is 2.50 bits per heavy atom. The van der Waals surface area contributed by atoms with Crippen molar-refractivity contribution in [3.63, 3.8) is 0 Å². The van der Waals surface area contributed by atoms with Crippen LogP contribution in [0.25, 0.3) is 0 Å². The maximum absolute atomic E-state index is 12.5. The van der Waals surface area contributed by atoms with E-state index in [9.17, 15) is 10.1 Å². The number of ether oxygens (including phenoxy) is 1. The Bertz CT molecular complexity index is 656. The van der Waals surface area contributed by atoms with Gasteiger partial charge in [-0.1, -0.05) is 42.5 Å². The molecule has 0 spiro atoms. The predicted octanol–water partition coefficient (Wildman–Crippen LogP) is 3.49. The highest BCUT2D eigenvalue weighted by Crippen LogP contribution is 2.24. The largest absolute Gasteiger partial charge is 0.496 e. The van der Waals surface area contributed by atoms with Crippen LogP contribution in [0.3, 0.4) is 0 Å². The average Bonchev–Trinajstić information content (AvgIpc) is 2.49. The Hall–Kier alpha value is -2.60. The molecule has 100 valence electrons. The molecule has 0 aliphatic rings. The van der Waals surface area contributed by atoms with Crippen LogP contribution < -0.4 is 4.74 Å². The SMILES string of the molecule is COc1cc(C(=O)C(C#N)c2ccccc2)ccc1C. The molecule has 2 aromatic rings. The summed E-state index contributed by atoms with van der Waals surface area (Å²) in [6, 6.07) is 16.4. The molecule has 3 heteroatoms. The number of nitrogens with zero attached hydrogens (tertiary/aromatic N) is 1. The van der Waals surface area contributed by atoms with E-state index in [2.05, 4.69) is 6.07 Å². The van der Waals surface area contributed by atoms with Gasteiger partial charge in [0.1, 0.15) is 11.7 Å². The zero-order chi connectivity index (χ0) is 14.5. The number of aryl methyl sites for hydroxylation is 1. The summed E-state index contributed by atoms with van der Waals surface area (Å²) in [5.41, 5.74) is 2.15. The third kappa shape index (κ3) is 2.70. The van der Waals surface area contributed by atoms with Crippen LogP contribution in [0, 0.1) is 18.3 Å². The fourth-order valence-corrected chi connectivity index (χ4v) is 2.07. The third-order valence-electron chi connectivity index (χ3n) is 3.22. The van der Waals surface area contributed by atoms with E-state index in [0.717, 1.165) is 5.56 Å². The molecule has 0 fully saturated rings. The second-order valence-corrected chi connectivity index (χ2v) is 4.52. The minimum Gasteiger partial charge on any atom is -0.496 e. The van der Waals surface area contributed by atoms with Gasteiger partial charge in [-0.15, -0.1) is 0 Å². The Kier molecular flexibility index (Phi) is 4.17. The standard InChI is InChI=1S/C17H15NO2/c1-12-8-9-14(10-16(12)20-2)17(19)15(11-18)13-6-4-3-5-7-13/h3-10,15H,1-2H3. The summed E-state index contributed by atoms with van der Waals surface area (Å²) in [5.74, 6) is -0.346. The number of nitriles is 1. The molecular formula is C17H15NO2. The number of methoxy groups -OCH3 is 1. The normalized spacial score (nSPS) is 11.4. The van der Waals surface area contributed by atoms with Crippen molar-refractivity contribution in [1.29, 1.82) is 5.26 Å². The molecule has 0 saturated heterocycles. The van der Waals surface area contributed by atoms with Gasteiger partial charge < -0.3 is 4.74 Å². The molecule has 20 heavy (non-hydrogen) atoms. The Morgan fingerprint density at radius 1 is 1.20 bits per heavy atom. The number of Topliss-reactive ketones (excluding diaryl/α,β-unsaturated/α-hetero) is 1. The summed E-state index contributed by atoms with van der Waals surface area (Å²) in [6.45, 7) is 1.91. The molecule has 0 amide bonds. The lowest BCUT2D eigenvalue weighted by Crippen LogP contribution is -2.11. The number of rotatable bonds is 4. The summed E-state index contributed by atoms with van der Waals surface area (Å²) in [6.07, 6.45) is 0. The van der Waals surface area contributed by atoms with Crippen molar-refractivity contribution in [2.24, 2.45) is 0 Å². The molecule has 0 saturated carbocycles. The van der Waals surface area contributed by atoms with E-state index in [4.69, 9.17) is 4.74 Å². The molecule has 0 aromatic heterocycles. The van der Waals surface area contributed by atoms with E-state index in [1.807, 2.05) is 31.2 Å². The van der Waals surface area contributed by atoms with Gasteiger partial charge in [-0.05, 0) is 24.1 Å². The number of hydrogen-bond acceptors (Lipinski definition) is 3. The summed E-state index contributed by atoms with van der Waals surface area (Å²) in [4.78, 5) is 12.5. The highest BCUT2D eigenvalue weighted by Gasteiger charge is 2.22. The molecule has 0 aliphatic carbocycles. The van der Waals surface area contributed by atoms with Crippen molar-refractivity contribution >= 4 is 5.78 Å². The molecule has 1 unspecified atom stereocenters. The maximum Gasteiger partial charge on any atom is 0.184 e. The average molecular weight is 265 g/mol. The fraction of sp³-hybridized carbons (Fsp3) is 0.176. The number of carbonyl (C=O) groups excluding carboxylic acids is 1. The molecule has 2 aromatic carbocycles. The van der Waals surface area contributed by atoms with Crippen LogP contribution in [0.2, 0.25) is 0 Å². The minimum atomic E-state index is -0.788. The van der Waals surface area contributed by atoms with E-state index in [0.29, 0.717) is 16.9 Å². The predicted molar refractivity (Wildman–Crippen MR) is 76.9 cm³/mol. The first-order valence-corrected chi connectivity index (χ1v) is 6.30. The quantitative estimate of drug-likeness (QED) is 0.795. The van der Waals surface area contributed by atoms with Crippen LogP contribution in [0.15, 0.2) is 48.5 Å². The van der Waals surface area contributed by atoms with Crippen molar-refractivity contribution in [3.05, 3.63) is 65.2 Å². The Labute approximate surface area is 118 Å². The molecule has 0 bridgehead atoms. The van der Waals surface area contributed by atoms with Crippen molar-refractivity contribution < 1.29 is 9.53 Å². The van der Waals surface area contributed by atoms with Gasteiger partial charge in [0, 0.05) is 5.56 Å². The van der Waals surface area contributed by atoms with Gasteiger partial charge in [0.25, 0.3) is 0 Å². The van der Waals surface area contributed by atoms with E-state index >= 15 is 0 Å². The molecule has 0 N–H and O–H groups in total. The number of benzene rings is 2. The van der Waals surface area contributed by atoms with E-state index in [-0.39, 0.29) is 5.78 Å². The lowest BCUT2D eigenvalue weighted by atomic mass is 9.91. The van der Waals surface area contributed by atoms with Crippen LogP contribution in [-0.2, 0) is 0 Å². The van der Waals surface area contributed by atoms with Crippen LogP contribution in [0.5, 0.6) is 5.75 Å². The first-order chi connectivity index (χ1) is 9.67. The van der Waals surface area contributed by atoms with Gasteiger partial charge in [-0.2, -0.15) is 5.26 Å². The van der Waals surface area contributed by atoms with E-state index in [1.54, 1.807) is 31.4 Å². The van der Waals surface area contributed by atoms with Crippen LogP contribution in [0.1, 0.15) is 27.4 Å². The van der Waals surface area contributed by atoms with Crippen LogP contribution >= 0.6 is 0 Å². The highest BCUT2D eigenvalue weighted by atomic mass is 16.5. The summed E-state index contributed by atoms with van der Waals surface area (Å²) in [5, 5.41) is 9.29. The molecule has 0 radical (unpaired) electrons. The molecular weight excluding hydrogens is 250 g/mol. The van der Waals surface area contributed by atoms with Gasteiger partial charge in [0.15, 0.2) is 5.78 Å².